The fourth-order valence-corrected chi connectivity index (χ4v) is 1.65. The molecular weight excluding hydrogens is 228 g/mol. The van der Waals surface area contributed by atoms with Gasteiger partial charge in [-0.15, -0.1) is 0 Å². The molecule has 5 heteroatoms. The minimum atomic E-state index is -2.50. The summed E-state index contributed by atoms with van der Waals surface area (Å²) in [6.07, 6.45) is -1.04. The zero-order valence-corrected chi connectivity index (χ0v) is 9.23. The summed E-state index contributed by atoms with van der Waals surface area (Å²) in [5.41, 5.74) is 1.48. The molecule has 1 aromatic rings. The molecule has 0 saturated carbocycles. The van der Waals surface area contributed by atoms with Crippen LogP contribution in [-0.2, 0) is 4.84 Å². The van der Waals surface area contributed by atoms with Crippen LogP contribution in [-0.4, -0.2) is 25.4 Å². The summed E-state index contributed by atoms with van der Waals surface area (Å²) in [5.74, 6) is 0.726. The Kier molecular flexibility index (Phi) is 3.90. The number of nitrogens with zero attached hydrogens (tertiary/aromatic N) is 1. The summed E-state index contributed by atoms with van der Waals surface area (Å²) in [5, 5.41) is 3.78. The van der Waals surface area contributed by atoms with E-state index in [1.165, 1.54) is 0 Å². The Bertz CT molecular complexity index is 407. The molecule has 3 nitrogen and oxygen atoms in total. The Morgan fingerprint density at radius 1 is 1.35 bits per heavy atom. The van der Waals surface area contributed by atoms with E-state index in [0.717, 1.165) is 17.7 Å². The van der Waals surface area contributed by atoms with Gasteiger partial charge in [0.15, 0.2) is 6.61 Å². The van der Waals surface area contributed by atoms with E-state index in [2.05, 4.69) is 9.99 Å². The van der Waals surface area contributed by atoms with E-state index in [0.29, 0.717) is 18.7 Å². The summed E-state index contributed by atoms with van der Waals surface area (Å²) in [7, 11) is 0. The molecule has 0 bridgehead atoms. The number of benzene rings is 1. The molecule has 0 amide bonds. The van der Waals surface area contributed by atoms with Crippen LogP contribution in [0.5, 0.6) is 5.75 Å². The second-order valence-corrected chi connectivity index (χ2v) is 3.67. The lowest BCUT2D eigenvalue weighted by Crippen LogP contribution is -2.05. The highest BCUT2D eigenvalue weighted by atomic mass is 19.3. The zero-order chi connectivity index (χ0) is 12.1. The number of hydrogen-bond acceptors (Lipinski definition) is 3. The maximum absolute atomic E-state index is 11.9. The lowest BCUT2D eigenvalue weighted by Gasteiger charge is -2.07. The first-order chi connectivity index (χ1) is 8.27. The largest absolute Gasteiger partial charge is 0.493 e. The third-order valence-corrected chi connectivity index (χ3v) is 2.39. The Hall–Kier alpha value is -1.65. The Balaban J connectivity index is 2.16. The van der Waals surface area contributed by atoms with E-state index >= 15 is 0 Å². The highest BCUT2D eigenvalue weighted by Gasteiger charge is 2.15. The zero-order valence-electron chi connectivity index (χ0n) is 9.23. The number of para-hydroxylation sites is 1. The summed E-state index contributed by atoms with van der Waals surface area (Å²) in [4.78, 5) is 4.63. The van der Waals surface area contributed by atoms with Crippen molar-refractivity contribution in [3.05, 3.63) is 29.8 Å². The molecule has 1 aliphatic heterocycles. The van der Waals surface area contributed by atoms with Gasteiger partial charge >= 0.3 is 0 Å². The fourth-order valence-electron chi connectivity index (χ4n) is 1.65. The monoisotopic (exact) mass is 241 g/mol. The SMILES string of the molecule is FC(F)CO/N=C1\CCCOc2ccccc21. The van der Waals surface area contributed by atoms with Crippen LogP contribution in [0.3, 0.4) is 0 Å². The van der Waals surface area contributed by atoms with Gasteiger partial charge in [0.25, 0.3) is 6.43 Å². The van der Waals surface area contributed by atoms with Crippen molar-refractivity contribution in [1.82, 2.24) is 0 Å². The molecule has 0 aliphatic carbocycles. The summed E-state index contributed by atoms with van der Waals surface area (Å²) < 4.78 is 29.4. The Morgan fingerprint density at radius 3 is 3.00 bits per heavy atom. The molecule has 0 saturated heterocycles. The molecule has 0 fully saturated rings. The first-order valence-corrected chi connectivity index (χ1v) is 5.46. The molecule has 0 atom stereocenters. The van der Waals surface area contributed by atoms with E-state index in [1.54, 1.807) is 0 Å². The van der Waals surface area contributed by atoms with Crippen molar-refractivity contribution in [2.75, 3.05) is 13.2 Å². The van der Waals surface area contributed by atoms with E-state index in [-0.39, 0.29) is 0 Å². The molecule has 2 rings (SSSR count). The van der Waals surface area contributed by atoms with Gasteiger partial charge in [0, 0.05) is 5.56 Å². The van der Waals surface area contributed by atoms with Gasteiger partial charge in [-0.1, -0.05) is 17.3 Å². The molecule has 0 radical (unpaired) electrons. The summed E-state index contributed by atoms with van der Waals surface area (Å²) in [6, 6.07) is 7.41. The van der Waals surface area contributed by atoms with Gasteiger partial charge in [-0.3, -0.25) is 0 Å². The topological polar surface area (TPSA) is 30.8 Å². The Labute approximate surface area is 98.0 Å². The van der Waals surface area contributed by atoms with Gasteiger partial charge < -0.3 is 9.57 Å². The highest BCUT2D eigenvalue weighted by Crippen LogP contribution is 2.24. The summed E-state index contributed by atoms with van der Waals surface area (Å²) in [6.45, 7) is -0.0720. The molecule has 1 heterocycles. The maximum Gasteiger partial charge on any atom is 0.274 e. The number of alkyl halides is 2. The van der Waals surface area contributed by atoms with E-state index in [1.807, 2.05) is 24.3 Å². The number of ether oxygens (including phenoxy) is 1. The number of rotatable bonds is 3. The minimum Gasteiger partial charge on any atom is -0.493 e. The minimum absolute atomic E-state index is 0.602. The van der Waals surface area contributed by atoms with Crippen molar-refractivity contribution in [3.63, 3.8) is 0 Å². The first kappa shape index (κ1) is 11.8. The number of fused-ring (bicyclic) bond motifs is 1. The van der Waals surface area contributed by atoms with Crippen molar-refractivity contribution >= 4 is 5.71 Å². The molecule has 1 aliphatic rings. The second-order valence-electron chi connectivity index (χ2n) is 3.67. The van der Waals surface area contributed by atoms with Crippen molar-refractivity contribution in [1.29, 1.82) is 0 Å². The maximum atomic E-state index is 11.9. The third-order valence-electron chi connectivity index (χ3n) is 2.39. The number of oxime groups is 1. The van der Waals surface area contributed by atoms with Gasteiger partial charge in [0.05, 0.1) is 12.3 Å². The lowest BCUT2D eigenvalue weighted by atomic mass is 10.1. The third kappa shape index (κ3) is 3.15. The first-order valence-electron chi connectivity index (χ1n) is 5.46. The van der Waals surface area contributed by atoms with Gasteiger partial charge in [-0.05, 0) is 25.0 Å². The molecule has 92 valence electrons. The second kappa shape index (κ2) is 5.61. The van der Waals surface area contributed by atoms with Crippen LogP contribution in [0.1, 0.15) is 18.4 Å². The van der Waals surface area contributed by atoms with Crippen LogP contribution in [0, 0.1) is 0 Å². The van der Waals surface area contributed by atoms with Crippen LogP contribution in [0.15, 0.2) is 29.4 Å². The van der Waals surface area contributed by atoms with Crippen molar-refractivity contribution in [3.8, 4) is 5.75 Å². The van der Waals surface area contributed by atoms with Crippen LogP contribution in [0.4, 0.5) is 8.78 Å². The standard InChI is InChI=1S/C12H13F2NO2/c13-12(14)8-17-15-10-5-3-7-16-11-6-2-1-4-9(10)11/h1-2,4,6,12H,3,5,7-8H2/b15-10+. The highest BCUT2D eigenvalue weighted by molar-refractivity contribution is 6.02. The lowest BCUT2D eigenvalue weighted by molar-refractivity contribution is 0.0201. The van der Waals surface area contributed by atoms with E-state index in [9.17, 15) is 8.78 Å². The van der Waals surface area contributed by atoms with Crippen LogP contribution >= 0.6 is 0 Å². The van der Waals surface area contributed by atoms with Crippen molar-refractivity contribution in [2.45, 2.75) is 19.3 Å². The predicted octanol–water partition coefficient (Wildman–Crippen LogP) is 2.85. The van der Waals surface area contributed by atoms with Crippen LogP contribution in [0.25, 0.3) is 0 Å². The number of hydrogen-bond donors (Lipinski definition) is 0. The average molecular weight is 241 g/mol. The fraction of sp³-hybridized carbons (Fsp3) is 0.417. The van der Waals surface area contributed by atoms with Crippen LogP contribution in [0.2, 0.25) is 0 Å². The van der Waals surface area contributed by atoms with Gasteiger partial charge in [-0.2, -0.15) is 0 Å². The van der Waals surface area contributed by atoms with Gasteiger partial charge in [0.1, 0.15) is 5.75 Å². The van der Waals surface area contributed by atoms with Gasteiger partial charge in [0.2, 0.25) is 0 Å². The molecular formula is C12H13F2NO2. The van der Waals surface area contributed by atoms with Crippen molar-refractivity contribution < 1.29 is 18.4 Å². The predicted molar refractivity (Wildman–Crippen MR) is 59.7 cm³/mol. The van der Waals surface area contributed by atoms with E-state index < -0.39 is 13.0 Å². The van der Waals surface area contributed by atoms with Gasteiger partial charge in [-0.25, -0.2) is 8.78 Å². The summed E-state index contributed by atoms with van der Waals surface area (Å²) >= 11 is 0. The molecule has 0 aromatic heterocycles. The van der Waals surface area contributed by atoms with Crippen LogP contribution < -0.4 is 4.74 Å². The smallest absolute Gasteiger partial charge is 0.274 e. The average Bonchev–Trinajstić information content (AvgIpc) is 2.52. The number of halogens is 2. The molecule has 0 spiro atoms. The Morgan fingerprint density at radius 2 is 2.18 bits per heavy atom. The molecule has 1 aromatic carbocycles. The molecule has 0 unspecified atom stereocenters. The van der Waals surface area contributed by atoms with Crippen molar-refractivity contribution in [2.24, 2.45) is 5.16 Å². The molecule has 17 heavy (non-hydrogen) atoms. The molecule has 0 N–H and O–H groups in total. The normalized spacial score (nSPS) is 17.5. The van der Waals surface area contributed by atoms with E-state index in [4.69, 9.17) is 4.74 Å². The quantitative estimate of drug-likeness (QED) is 0.762.